The molecule has 5 heteroatoms. The number of hydrogen-bond acceptors (Lipinski definition) is 4. The van der Waals surface area contributed by atoms with E-state index in [1.165, 1.54) is 0 Å². The second-order valence-electron chi connectivity index (χ2n) is 7.17. The average Bonchev–Trinajstić information content (AvgIpc) is 2.83. The van der Waals surface area contributed by atoms with Gasteiger partial charge in [-0.25, -0.2) is 9.97 Å². The second kappa shape index (κ2) is 5.73. The van der Waals surface area contributed by atoms with Gasteiger partial charge in [-0.1, -0.05) is 12.1 Å². The third-order valence-electron chi connectivity index (χ3n) is 4.92. The van der Waals surface area contributed by atoms with E-state index in [0.717, 1.165) is 39.6 Å². The highest BCUT2D eigenvalue weighted by atomic mass is 16.2. The highest BCUT2D eigenvalue weighted by molar-refractivity contribution is 6.12. The number of benzene rings is 1. The van der Waals surface area contributed by atoms with Gasteiger partial charge in [-0.15, -0.1) is 0 Å². The molecule has 0 fully saturated rings. The molecule has 0 saturated carbocycles. The van der Waals surface area contributed by atoms with E-state index in [1.807, 2.05) is 70.4 Å². The van der Waals surface area contributed by atoms with E-state index in [-0.39, 0.29) is 5.91 Å². The normalized spacial score (nSPS) is 15.2. The minimum absolute atomic E-state index is 0.0514. The van der Waals surface area contributed by atoms with Gasteiger partial charge < -0.3 is 0 Å². The van der Waals surface area contributed by atoms with Gasteiger partial charge in [0.25, 0.3) is 0 Å². The van der Waals surface area contributed by atoms with Gasteiger partial charge in [0.2, 0.25) is 5.91 Å². The van der Waals surface area contributed by atoms with E-state index >= 15 is 0 Å². The summed E-state index contributed by atoms with van der Waals surface area (Å²) in [5.41, 5.74) is 4.94. The molecule has 1 amide bonds. The van der Waals surface area contributed by atoms with Crippen molar-refractivity contribution in [2.45, 2.75) is 33.1 Å². The number of aryl methyl sites for hydroxylation is 2. The fourth-order valence-corrected chi connectivity index (χ4v) is 3.32. The Morgan fingerprint density at radius 1 is 0.885 bits per heavy atom. The van der Waals surface area contributed by atoms with Crippen molar-refractivity contribution in [3.05, 3.63) is 66.0 Å². The first kappa shape index (κ1) is 16.4. The molecule has 0 radical (unpaired) electrons. The molecule has 5 nitrogen and oxygen atoms in total. The Kier molecular flexibility index (Phi) is 3.61. The van der Waals surface area contributed by atoms with Gasteiger partial charge in [-0.2, -0.15) is 0 Å². The Morgan fingerprint density at radius 2 is 1.62 bits per heavy atom. The van der Waals surface area contributed by atoms with Crippen molar-refractivity contribution in [1.29, 1.82) is 0 Å². The number of carbonyl (C=O) groups excluding carboxylic acids is 1. The van der Waals surface area contributed by atoms with E-state index in [0.29, 0.717) is 0 Å². The number of anilines is 2. The van der Waals surface area contributed by atoms with E-state index in [2.05, 4.69) is 15.0 Å². The molecule has 4 rings (SSSR count). The minimum atomic E-state index is -0.581. The van der Waals surface area contributed by atoms with Crippen LogP contribution in [0.3, 0.4) is 0 Å². The van der Waals surface area contributed by atoms with Crippen molar-refractivity contribution in [3.8, 4) is 11.1 Å². The number of fused-ring (bicyclic) bond motifs is 1. The third-order valence-corrected chi connectivity index (χ3v) is 4.92. The lowest BCUT2D eigenvalue weighted by atomic mass is 9.85. The topological polar surface area (TPSA) is 59.0 Å². The van der Waals surface area contributed by atoms with Crippen molar-refractivity contribution in [3.63, 3.8) is 0 Å². The molecule has 0 aliphatic carbocycles. The third kappa shape index (κ3) is 2.47. The molecule has 0 N–H and O–H groups in total. The van der Waals surface area contributed by atoms with E-state index in [1.54, 1.807) is 11.1 Å². The Morgan fingerprint density at radius 3 is 2.27 bits per heavy atom. The minimum Gasteiger partial charge on any atom is -0.278 e. The van der Waals surface area contributed by atoms with Crippen LogP contribution in [0.2, 0.25) is 0 Å². The first-order valence-corrected chi connectivity index (χ1v) is 8.59. The van der Waals surface area contributed by atoms with Gasteiger partial charge in [0.05, 0.1) is 23.0 Å². The van der Waals surface area contributed by atoms with Crippen molar-refractivity contribution >= 4 is 17.3 Å². The number of carbonyl (C=O) groups is 1. The Labute approximate surface area is 152 Å². The molecule has 0 atom stereocenters. The van der Waals surface area contributed by atoms with Crippen LogP contribution in [-0.2, 0) is 10.2 Å². The van der Waals surface area contributed by atoms with Gasteiger partial charge in [0, 0.05) is 23.7 Å². The average molecular weight is 344 g/mol. The smallest absolute Gasteiger partial charge is 0.241 e. The maximum Gasteiger partial charge on any atom is 0.241 e. The number of amides is 1. The summed E-state index contributed by atoms with van der Waals surface area (Å²) in [5.74, 6) is 0.786. The van der Waals surface area contributed by atoms with Crippen molar-refractivity contribution < 1.29 is 4.79 Å². The quantitative estimate of drug-likeness (QED) is 0.702. The fourth-order valence-electron chi connectivity index (χ4n) is 3.32. The van der Waals surface area contributed by atoms with Crippen LogP contribution in [0, 0.1) is 13.8 Å². The lowest BCUT2D eigenvalue weighted by Gasteiger charge is -2.20. The molecule has 1 aliphatic heterocycles. The Hall–Kier alpha value is -3.08. The maximum absolute atomic E-state index is 13.1. The van der Waals surface area contributed by atoms with Crippen LogP contribution in [-0.4, -0.2) is 20.9 Å². The summed E-state index contributed by atoms with van der Waals surface area (Å²) >= 11 is 0. The predicted molar refractivity (Wildman–Crippen MR) is 101 cm³/mol. The summed E-state index contributed by atoms with van der Waals surface area (Å²) in [6, 6.07) is 9.96. The Balaban J connectivity index is 1.87. The van der Waals surface area contributed by atoms with Crippen molar-refractivity contribution in [1.82, 2.24) is 15.0 Å². The molecule has 0 unspecified atom stereocenters. The zero-order valence-electron chi connectivity index (χ0n) is 15.3. The predicted octanol–water partition coefficient (Wildman–Crippen LogP) is 4.11. The van der Waals surface area contributed by atoms with E-state index in [4.69, 9.17) is 0 Å². The fraction of sp³-hybridized carbons (Fsp3) is 0.238. The molecule has 2 aromatic heterocycles. The molecule has 0 spiro atoms. The number of pyridine rings is 1. The van der Waals surface area contributed by atoms with Crippen LogP contribution in [0.4, 0.5) is 11.4 Å². The summed E-state index contributed by atoms with van der Waals surface area (Å²) in [5, 5.41) is 0. The molecule has 26 heavy (non-hydrogen) atoms. The highest BCUT2D eigenvalue weighted by Crippen LogP contribution is 2.46. The van der Waals surface area contributed by atoms with E-state index < -0.39 is 5.41 Å². The molecule has 130 valence electrons. The van der Waals surface area contributed by atoms with Gasteiger partial charge in [-0.05, 0) is 57.0 Å². The monoisotopic (exact) mass is 344 g/mol. The molecule has 0 bridgehead atoms. The Bertz CT molecular complexity index is 992. The number of hydrogen-bond donors (Lipinski definition) is 0. The first-order valence-electron chi connectivity index (χ1n) is 8.59. The highest BCUT2D eigenvalue weighted by Gasteiger charge is 2.44. The van der Waals surface area contributed by atoms with Gasteiger partial charge in [0.15, 0.2) is 0 Å². The van der Waals surface area contributed by atoms with Crippen LogP contribution < -0.4 is 4.90 Å². The van der Waals surface area contributed by atoms with Gasteiger partial charge in [-0.3, -0.25) is 14.7 Å². The molecule has 1 aliphatic rings. The van der Waals surface area contributed by atoms with Gasteiger partial charge >= 0.3 is 0 Å². The number of aromatic nitrogens is 3. The van der Waals surface area contributed by atoms with Crippen molar-refractivity contribution in [2.24, 2.45) is 0 Å². The molecular weight excluding hydrogens is 324 g/mol. The molecule has 1 aromatic carbocycles. The largest absolute Gasteiger partial charge is 0.278 e. The van der Waals surface area contributed by atoms with Crippen LogP contribution in [0.1, 0.15) is 30.9 Å². The second-order valence-corrected chi connectivity index (χ2v) is 7.17. The lowest BCUT2D eigenvalue weighted by molar-refractivity contribution is -0.121. The summed E-state index contributed by atoms with van der Waals surface area (Å²) in [6.07, 6.45) is 5.37. The summed E-state index contributed by atoms with van der Waals surface area (Å²) in [4.78, 5) is 27.8. The van der Waals surface area contributed by atoms with Crippen LogP contribution in [0.25, 0.3) is 11.1 Å². The van der Waals surface area contributed by atoms with Crippen LogP contribution in [0.15, 0.2) is 48.9 Å². The first-order chi connectivity index (χ1) is 12.4. The number of nitrogens with zero attached hydrogens (tertiary/aromatic N) is 4. The van der Waals surface area contributed by atoms with E-state index in [9.17, 15) is 4.79 Å². The summed E-state index contributed by atoms with van der Waals surface area (Å²) in [6.45, 7) is 7.72. The summed E-state index contributed by atoms with van der Waals surface area (Å²) in [7, 11) is 0. The van der Waals surface area contributed by atoms with Crippen LogP contribution >= 0.6 is 0 Å². The van der Waals surface area contributed by atoms with Crippen LogP contribution in [0.5, 0.6) is 0 Å². The standard InChI is InChI=1S/C21H20N4O/c1-13-5-7-17(12-22-13)25-19-9-15(16-10-23-14(2)24-11-16)6-8-18(19)21(3,4)20(25)26/h5-12H,1-4H3. The summed E-state index contributed by atoms with van der Waals surface area (Å²) < 4.78 is 0. The zero-order valence-corrected chi connectivity index (χ0v) is 15.3. The maximum atomic E-state index is 13.1. The molecule has 3 heterocycles. The SMILES string of the molecule is Cc1ccc(N2C(=O)C(C)(C)c3ccc(-c4cnc(C)nc4)cc32)cn1. The lowest BCUT2D eigenvalue weighted by Crippen LogP contribution is -2.33. The zero-order chi connectivity index (χ0) is 18.5. The van der Waals surface area contributed by atoms with Gasteiger partial charge in [0.1, 0.15) is 5.82 Å². The molecule has 3 aromatic rings. The molecule has 0 saturated heterocycles. The van der Waals surface area contributed by atoms with Crippen molar-refractivity contribution in [2.75, 3.05) is 4.90 Å². The number of rotatable bonds is 2. The molecular formula is C21H20N4O.